The van der Waals surface area contributed by atoms with Gasteiger partial charge in [-0.1, -0.05) is 0 Å². The highest BCUT2D eigenvalue weighted by Gasteiger charge is 2.35. The smallest absolute Gasteiger partial charge is 0.278 e. The topological polar surface area (TPSA) is 163 Å². The third-order valence-electron chi connectivity index (χ3n) is 3.66. The molecule has 6 N–H and O–H groups in total. The fourth-order valence-corrected chi connectivity index (χ4v) is 2.44. The molecule has 0 aliphatic carbocycles. The van der Waals surface area contributed by atoms with Crippen LogP contribution in [0.5, 0.6) is 0 Å². The largest absolute Gasteiger partial charge is 0.394 e. The van der Waals surface area contributed by atoms with Crippen molar-refractivity contribution in [3.05, 3.63) is 11.4 Å². The van der Waals surface area contributed by atoms with Crippen molar-refractivity contribution in [3.8, 4) is 0 Å². The highest BCUT2D eigenvalue weighted by molar-refractivity contribution is 6.10. The fraction of sp³-hybridized carbons (Fsp3) is 0.615. The van der Waals surface area contributed by atoms with Gasteiger partial charge in [-0.25, -0.2) is 4.99 Å². The number of rotatable bonds is 6. The number of nitrogens with zero attached hydrogens (tertiary/aromatic N) is 2. The zero-order valence-corrected chi connectivity index (χ0v) is 12.2. The molecular formula is C13H19N3O7. The van der Waals surface area contributed by atoms with Crippen molar-refractivity contribution in [2.75, 3.05) is 26.3 Å². The Bertz CT molecular complexity index is 560. The number of carbonyl (C=O) groups excluding carboxylic acids is 2. The molecule has 0 aromatic rings. The summed E-state index contributed by atoms with van der Waals surface area (Å²) in [5, 5.41) is 49.2. The maximum atomic E-state index is 11.8. The van der Waals surface area contributed by atoms with Crippen molar-refractivity contribution >= 4 is 17.5 Å². The lowest BCUT2D eigenvalue weighted by molar-refractivity contribution is -0.129. The van der Waals surface area contributed by atoms with Crippen LogP contribution < -0.4 is 5.32 Å². The van der Waals surface area contributed by atoms with Crippen LogP contribution in [0.2, 0.25) is 0 Å². The molecule has 10 nitrogen and oxygen atoms in total. The highest BCUT2D eigenvalue weighted by Crippen LogP contribution is 2.24. The van der Waals surface area contributed by atoms with Crippen molar-refractivity contribution in [1.82, 2.24) is 10.2 Å². The monoisotopic (exact) mass is 329 g/mol. The van der Waals surface area contributed by atoms with Crippen molar-refractivity contribution in [1.29, 1.82) is 0 Å². The van der Waals surface area contributed by atoms with E-state index in [2.05, 4.69) is 10.3 Å². The molecule has 2 amide bonds. The van der Waals surface area contributed by atoms with Crippen LogP contribution in [-0.4, -0.2) is 92.6 Å². The van der Waals surface area contributed by atoms with Crippen LogP contribution in [0.15, 0.2) is 16.4 Å². The number of aliphatic hydroxyl groups excluding tert-OH is 5. The summed E-state index contributed by atoms with van der Waals surface area (Å²) < 4.78 is 0. The Morgan fingerprint density at radius 2 is 1.87 bits per heavy atom. The molecule has 2 rings (SSSR count). The normalized spacial score (nSPS) is 22.3. The number of β-amino-alcohol motifs (C(OH)–C–C–N with tert-alkyl or cyclic N) is 1. The van der Waals surface area contributed by atoms with Crippen molar-refractivity contribution < 1.29 is 35.1 Å². The summed E-state index contributed by atoms with van der Waals surface area (Å²) in [6, 6.07) is 0. The maximum absolute atomic E-state index is 11.8. The Hall–Kier alpha value is -1.85. The van der Waals surface area contributed by atoms with Crippen molar-refractivity contribution in [3.63, 3.8) is 0 Å². The summed E-state index contributed by atoms with van der Waals surface area (Å²) >= 11 is 0. The lowest BCUT2D eigenvalue weighted by Gasteiger charge is -2.36. The summed E-state index contributed by atoms with van der Waals surface area (Å²) in [5.41, 5.74) is 0.516. The molecule has 0 aromatic heterocycles. The molecule has 3 atom stereocenters. The molecule has 0 fully saturated rings. The summed E-state index contributed by atoms with van der Waals surface area (Å²) in [6.07, 6.45) is -4.70. The van der Waals surface area contributed by atoms with E-state index >= 15 is 0 Å². The third-order valence-corrected chi connectivity index (χ3v) is 3.66. The Morgan fingerprint density at radius 1 is 1.17 bits per heavy atom. The standard InChI is InChI=1S/C13H19N3O7/c17-4-6-2-16(3-8(19)12(22)9(20)5-18)7-1-10(21)15-13(23)11(7)14-6/h8-9,12,17-20,22H,1-5H2,(H,15,21,23). The summed E-state index contributed by atoms with van der Waals surface area (Å²) in [6.45, 7) is -1.28. The number of nitrogens with one attached hydrogen (secondary N) is 1. The zero-order chi connectivity index (χ0) is 17.1. The number of aliphatic imine (C=N–C) groups is 1. The first-order chi connectivity index (χ1) is 10.9. The van der Waals surface area contributed by atoms with Gasteiger partial charge in [0.25, 0.3) is 5.91 Å². The summed E-state index contributed by atoms with van der Waals surface area (Å²) in [4.78, 5) is 28.8. The molecule has 2 heterocycles. The average molecular weight is 329 g/mol. The molecule has 0 saturated heterocycles. The van der Waals surface area contributed by atoms with Gasteiger partial charge in [0.05, 0.1) is 43.7 Å². The molecule has 0 aromatic carbocycles. The SMILES string of the molecule is O=C1CC2=C(N=C(CO)CN2CC(O)C(O)C(O)CO)C(=O)N1. The van der Waals surface area contributed by atoms with Gasteiger partial charge >= 0.3 is 0 Å². The van der Waals surface area contributed by atoms with E-state index in [4.69, 9.17) is 5.11 Å². The van der Waals surface area contributed by atoms with Gasteiger partial charge in [-0.3, -0.25) is 14.9 Å². The van der Waals surface area contributed by atoms with Gasteiger partial charge in [0.1, 0.15) is 17.9 Å². The van der Waals surface area contributed by atoms with Crippen LogP contribution >= 0.6 is 0 Å². The van der Waals surface area contributed by atoms with E-state index in [-0.39, 0.29) is 36.6 Å². The minimum Gasteiger partial charge on any atom is -0.394 e. The second-order valence-corrected chi connectivity index (χ2v) is 5.37. The van der Waals surface area contributed by atoms with E-state index < -0.39 is 43.3 Å². The van der Waals surface area contributed by atoms with Gasteiger partial charge < -0.3 is 30.4 Å². The van der Waals surface area contributed by atoms with Gasteiger partial charge in [0.2, 0.25) is 5.91 Å². The first kappa shape index (κ1) is 17.5. The fourth-order valence-electron chi connectivity index (χ4n) is 2.44. The Kier molecular flexibility index (Phi) is 5.44. The van der Waals surface area contributed by atoms with Crippen molar-refractivity contribution in [2.45, 2.75) is 24.7 Å². The van der Waals surface area contributed by atoms with Crippen LogP contribution in [0.1, 0.15) is 6.42 Å². The first-order valence-corrected chi connectivity index (χ1v) is 7.02. The second-order valence-electron chi connectivity index (χ2n) is 5.37. The Labute approximate surface area is 131 Å². The maximum Gasteiger partial charge on any atom is 0.278 e. The molecule has 128 valence electrons. The van der Waals surface area contributed by atoms with E-state index in [1.807, 2.05) is 0 Å². The first-order valence-electron chi connectivity index (χ1n) is 7.02. The number of amides is 2. The van der Waals surface area contributed by atoms with Gasteiger partial charge in [0, 0.05) is 6.54 Å². The van der Waals surface area contributed by atoms with Gasteiger partial charge in [-0.15, -0.1) is 0 Å². The van der Waals surface area contributed by atoms with Gasteiger partial charge in [0.15, 0.2) is 0 Å². The van der Waals surface area contributed by atoms with Crippen LogP contribution in [-0.2, 0) is 9.59 Å². The molecular weight excluding hydrogens is 310 g/mol. The van der Waals surface area contributed by atoms with E-state index in [0.29, 0.717) is 0 Å². The van der Waals surface area contributed by atoms with E-state index in [1.165, 1.54) is 4.90 Å². The van der Waals surface area contributed by atoms with Gasteiger partial charge in [-0.2, -0.15) is 0 Å². The quantitative estimate of drug-likeness (QED) is 0.269. The number of hydrogen-bond acceptors (Lipinski definition) is 9. The lowest BCUT2D eigenvalue weighted by Crippen LogP contribution is -2.50. The van der Waals surface area contributed by atoms with Gasteiger partial charge in [-0.05, 0) is 0 Å². The lowest BCUT2D eigenvalue weighted by atomic mass is 10.0. The van der Waals surface area contributed by atoms with E-state index in [9.17, 15) is 30.0 Å². The van der Waals surface area contributed by atoms with Crippen LogP contribution in [0, 0.1) is 0 Å². The molecule has 0 bridgehead atoms. The molecule has 3 unspecified atom stereocenters. The molecule has 10 heteroatoms. The molecule has 0 spiro atoms. The number of aliphatic hydroxyl groups is 5. The molecule has 23 heavy (non-hydrogen) atoms. The zero-order valence-electron chi connectivity index (χ0n) is 12.2. The average Bonchev–Trinajstić information content (AvgIpc) is 2.53. The predicted octanol–water partition coefficient (Wildman–Crippen LogP) is -3.93. The van der Waals surface area contributed by atoms with Crippen molar-refractivity contribution in [2.24, 2.45) is 4.99 Å². The molecule has 2 aliphatic heterocycles. The van der Waals surface area contributed by atoms with E-state index in [0.717, 1.165) is 0 Å². The Morgan fingerprint density at radius 3 is 2.48 bits per heavy atom. The third kappa shape index (κ3) is 3.74. The van der Waals surface area contributed by atoms with Crippen LogP contribution in [0.25, 0.3) is 0 Å². The Balaban J connectivity index is 2.22. The summed E-state index contributed by atoms with van der Waals surface area (Å²) in [7, 11) is 0. The molecule has 2 aliphatic rings. The minimum atomic E-state index is -1.60. The number of imide groups is 1. The van der Waals surface area contributed by atoms with Crippen LogP contribution in [0.3, 0.4) is 0 Å². The molecule has 0 radical (unpaired) electrons. The number of carbonyl (C=O) groups is 2. The predicted molar refractivity (Wildman–Crippen MR) is 76.0 cm³/mol. The summed E-state index contributed by atoms with van der Waals surface area (Å²) in [5.74, 6) is -1.22. The van der Waals surface area contributed by atoms with Crippen LogP contribution in [0.4, 0.5) is 0 Å². The molecule has 0 saturated carbocycles. The second kappa shape index (κ2) is 7.15. The number of hydrogen-bond donors (Lipinski definition) is 6. The minimum absolute atomic E-state index is 0.0238. The van der Waals surface area contributed by atoms with E-state index in [1.54, 1.807) is 0 Å². The highest BCUT2D eigenvalue weighted by atomic mass is 16.4.